The lowest BCUT2D eigenvalue weighted by Crippen LogP contribution is -2.49. The standard InChI is InChI=1S/C23H28BrFN2O3/c1-5-10-26-23(29)17(4)27(13-18-8-6-7-9-20(18)25)21(28)14-30-19-11-15(2)22(24)16(3)12-19/h6-9,11-12,17H,5,10,13-14H2,1-4H3,(H,26,29)/t17-/m1/s1. The van der Waals surface area contributed by atoms with Gasteiger partial charge < -0.3 is 15.0 Å². The number of nitrogens with one attached hydrogen (secondary N) is 1. The Hall–Kier alpha value is -2.41. The van der Waals surface area contributed by atoms with Gasteiger partial charge in [0.15, 0.2) is 6.61 Å². The van der Waals surface area contributed by atoms with Crippen LogP contribution in [0.4, 0.5) is 4.39 Å². The van der Waals surface area contributed by atoms with Gasteiger partial charge in [0.25, 0.3) is 5.91 Å². The predicted molar refractivity (Wildman–Crippen MR) is 119 cm³/mol. The maximum atomic E-state index is 14.2. The van der Waals surface area contributed by atoms with Crippen LogP contribution in [-0.2, 0) is 16.1 Å². The summed E-state index contributed by atoms with van der Waals surface area (Å²) < 4.78 is 20.9. The van der Waals surface area contributed by atoms with E-state index in [2.05, 4.69) is 21.2 Å². The predicted octanol–water partition coefficient (Wildman–Crippen LogP) is 4.53. The van der Waals surface area contributed by atoms with E-state index in [1.807, 2.05) is 32.9 Å². The second-order valence-electron chi connectivity index (χ2n) is 7.24. The number of hydrogen-bond donors (Lipinski definition) is 1. The van der Waals surface area contributed by atoms with Crippen molar-refractivity contribution in [3.63, 3.8) is 0 Å². The zero-order chi connectivity index (χ0) is 22.3. The largest absolute Gasteiger partial charge is 0.484 e. The number of carbonyl (C=O) groups excluding carboxylic acids is 2. The van der Waals surface area contributed by atoms with E-state index in [-0.39, 0.29) is 19.1 Å². The molecule has 0 radical (unpaired) electrons. The number of aryl methyl sites for hydroxylation is 2. The number of rotatable bonds is 9. The molecule has 0 saturated heterocycles. The normalized spacial score (nSPS) is 11.7. The van der Waals surface area contributed by atoms with Gasteiger partial charge in [0, 0.05) is 23.1 Å². The molecule has 0 aliphatic rings. The van der Waals surface area contributed by atoms with Crippen molar-refractivity contribution in [2.45, 2.75) is 46.7 Å². The molecule has 0 aromatic heterocycles. The minimum Gasteiger partial charge on any atom is -0.484 e. The van der Waals surface area contributed by atoms with Crippen LogP contribution in [0.15, 0.2) is 40.9 Å². The van der Waals surface area contributed by atoms with Gasteiger partial charge in [-0.1, -0.05) is 41.1 Å². The molecule has 0 spiro atoms. The first-order chi connectivity index (χ1) is 14.2. The van der Waals surface area contributed by atoms with Crippen LogP contribution in [0.1, 0.15) is 37.0 Å². The van der Waals surface area contributed by atoms with Crippen LogP contribution >= 0.6 is 15.9 Å². The Morgan fingerprint density at radius 1 is 1.20 bits per heavy atom. The Kier molecular flexibility index (Phi) is 8.84. The minimum atomic E-state index is -0.763. The van der Waals surface area contributed by atoms with E-state index in [1.54, 1.807) is 25.1 Å². The molecule has 2 aromatic rings. The van der Waals surface area contributed by atoms with Crippen molar-refractivity contribution >= 4 is 27.7 Å². The monoisotopic (exact) mass is 478 g/mol. The zero-order valence-corrected chi connectivity index (χ0v) is 19.4. The third kappa shape index (κ3) is 6.29. The average Bonchev–Trinajstić information content (AvgIpc) is 2.72. The van der Waals surface area contributed by atoms with Gasteiger partial charge in [0.05, 0.1) is 0 Å². The maximum absolute atomic E-state index is 14.2. The van der Waals surface area contributed by atoms with Crippen LogP contribution in [-0.4, -0.2) is 35.9 Å². The Morgan fingerprint density at radius 2 is 1.83 bits per heavy atom. The number of amides is 2. The third-order valence-corrected chi connectivity index (χ3v) is 6.04. The quantitative estimate of drug-likeness (QED) is 0.575. The van der Waals surface area contributed by atoms with Crippen LogP contribution in [0.25, 0.3) is 0 Å². The molecule has 1 N–H and O–H groups in total. The first kappa shape index (κ1) is 23.9. The number of hydrogen-bond acceptors (Lipinski definition) is 3. The van der Waals surface area contributed by atoms with Gasteiger partial charge in [0.1, 0.15) is 17.6 Å². The zero-order valence-electron chi connectivity index (χ0n) is 17.8. The fraction of sp³-hybridized carbons (Fsp3) is 0.391. The van der Waals surface area contributed by atoms with Crippen molar-refractivity contribution in [2.75, 3.05) is 13.2 Å². The Labute approximate surface area is 185 Å². The second-order valence-corrected chi connectivity index (χ2v) is 8.03. The lowest BCUT2D eigenvalue weighted by atomic mass is 10.1. The Bertz CT molecular complexity index is 881. The molecule has 30 heavy (non-hydrogen) atoms. The van der Waals surface area contributed by atoms with Crippen molar-refractivity contribution in [1.29, 1.82) is 0 Å². The molecule has 0 unspecified atom stereocenters. The summed E-state index contributed by atoms with van der Waals surface area (Å²) in [6.07, 6.45) is 0.783. The van der Waals surface area contributed by atoms with E-state index in [0.29, 0.717) is 17.9 Å². The molecule has 5 nitrogen and oxygen atoms in total. The lowest BCUT2D eigenvalue weighted by molar-refractivity contribution is -0.142. The van der Waals surface area contributed by atoms with Gasteiger partial charge in [-0.05, 0) is 56.5 Å². The molecule has 0 saturated carbocycles. The summed E-state index contributed by atoms with van der Waals surface area (Å²) in [6, 6.07) is 9.14. The fourth-order valence-electron chi connectivity index (χ4n) is 3.01. The number of ether oxygens (including phenoxy) is 1. The molecule has 0 bridgehead atoms. The lowest BCUT2D eigenvalue weighted by Gasteiger charge is -2.29. The van der Waals surface area contributed by atoms with Gasteiger partial charge in [0.2, 0.25) is 5.91 Å². The van der Waals surface area contributed by atoms with Crippen LogP contribution < -0.4 is 10.1 Å². The molecule has 2 rings (SSSR count). The van der Waals surface area contributed by atoms with E-state index in [9.17, 15) is 14.0 Å². The molecule has 2 amide bonds. The van der Waals surface area contributed by atoms with E-state index in [4.69, 9.17) is 4.74 Å². The summed E-state index contributed by atoms with van der Waals surface area (Å²) in [5.41, 5.74) is 2.33. The van der Waals surface area contributed by atoms with Crippen molar-refractivity contribution in [3.05, 3.63) is 63.4 Å². The van der Waals surface area contributed by atoms with Crippen molar-refractivity contribution in [3.8, 4) is 5.75 Å². The van der Waals surface area contributed by atoms with Gasteiger partial charge in [-0.3, -0.25) is 9.59 Å². The molecule has 1 atom stereocenters. The fourth-order valence-corrected chi connectivity index (χ4v) is 3.24. The van der Waals surface area contributed by atoms with Crippen LogP contribution in [0.3, 0.4) is 0 Å². The molecule has 0 heterocycles. The van der Waals surface area contributed by atoms with E-state index >= 15 is 0 Å². The SMILES string of the molecule is CCCNC(=O)[C@@H](C)N(Cc1ccccc1F)C(=O)COc1cc(C)c(Br)c(C)c1. The van der Waals surface area contributed by atoms with Crippen LogP contribution in [0, 0.1) is 19.7 Å². The first-order valence-corrected chi connectivity index (χ1v) is 10.7. The van der Waals surface area contributed by atoms with Crippen LogP contribution in [0.5, 0.6) is 5.75 Å². The minimum absolute atomic E-state index is 0.0199. The van der Waals surface area contributed by atoms with Crippen molar-refractivity contribution in [2.24, 2.45) is 0 Å². The molecule has 162 valence electrons. The molecule has 7 heteroatoms. The molecule has 0 aliphatic heterocycles. The second kappa shape index (κ2) is 11.1. The smallest absolute Gasteiger partial charge is 0.261 e. The summed E-state index contributed by atoms with van der Waals surface area (Å²) in [7, 11) is 0. The molecular weight excluding hydrogens is 451 g/mol. The molecular formula is C23H28BrFN2O3. The number of nitrogens with zero attached hydrogens (tertiary/aromatic N) is 1. The highest BCUT2D eigenvalue weighted by Gasteiger charge is 2.27. The van der Waals surface area contributed by atoms with Crippen molar-refractivity contribution in [1.82, 2.24) is 10.2 Å². The highest BCUT2D eigenvalue weighted by Crippen LogP contribution is 2.26. The van der Waals surface area contributed by atoms with Gasteiger partial charge >= 0.3 is 0 Å². The highest BCUT2D eigenvalue weighted by atomic mass is 79.9. The maximum Gasteiger partial charge on any atom is 0.261 e. The first-order valence-electron chi connectivity index (χ1n) is 9.94. The summed E-state index contributed by atoms with van der Waals surface area (Å²) in [4.78, 5) is 26.8. The van der Waals surface area contributed by atoms with Gasteiger partial charge in [-0.2, -0.15) is 0 Å². The highest BCUT2D eigenvalue weighted by molar-refractivity contribution is 9.10. The number of carbonyl (C=O) groups is 2. The topological polar surface area (TPSA) is 58.6 Å². The van der Waals surface area contributed by atoms with E-state index in [0.717, 1.165) is 22.0 Å². The molecule has 0 aliphatic carbocycles. The Balaban J connectivity index is 2.18. The number of halogens is 2. The third-order valence-electron chi connectivity index (χ3n) is 4.79. The molecule has 2 aromatic carbocycles. The van der Waals surface area contributed by atoms with Crippen molar-refractivity contribution < 1.29 is 18.7 Å². The Morgan fingerprint density at radius 3 is 2.43 bits per heavy atom. The van der Waals surface area contributed by atoms with Gasteiger partial charge in [-0.25, -0.2) is 4.39 Å². The summed E-state index contributed by atoms with van der Waals surface area (Å²) >= 11 is 3.51. The van der Waals surface area contributed by atoms with E-state index in [1.165, 1.54) is 11.0 Å². The van der Waals surface area contributed by atoms with E-state index < -0.39 is 17.8 Å². The van der Waals surface area contributed by atoms with Crippen LogP contribution in [0.2, 0.25) is 0 Å². The summed E-state index contributed by atoms with van der Waals surface area (Å²) in [5, 5.41) is 2.79. The number of benzene rings is 2. The summed E-state index contributed by atoms with van der Waals surface area (Å²) in [5.74, 6) is -0.528. The molecule has 0 fully saturated rings. The van der Waals surface area contributed by atoms with Gasteiger partial charge in [-0.15, -0.1) is 0 Å². The average molecular weight is 479 g/mol. The summed E-state index contributed by atoms with van der Waals surface area (Å²) in [6.45, 7) is 7.71.